The molecular formula is C26H18N4O5S. The summed E-state index contributed by atoms with van der Waals surface area (Å²) in [6.45, 7) is 0. The third-order valence-electron chi connectivity index (χ3n) is 5.29. The molecule has 5 aromatic rings. The summed E-state index contributed by atoms with van der Waals surface area (Å²) in [4.78, 5) is 28.4. The smallest absolute Gasteiger partial charge is 0.433 e. The van der Waals surface area contributed by atoms with E-state index in [9.17, 15) is 14.9 Å². The van der Waals surface area contributed by atoms with E-state index < -0.39 is 16.7 Å². The van der Waals surface area contributed by atoms with E-state index in [0.29, 0.717) is 22.0 Å². The molecule has 1 amide bonds. The van der Waals surface area contributed by atoms with Crippen LogP contribution in [0.4, 0.5) is 11.0 Å². The van der Waals surface area contributed by atoms with Gasteiger partial charge in [0.05, 0.1) is 29.6 Å². The number of fused-ring (bicyclic) bond motifs is 1. The molecule has 0 unspecified atom stereocenters. The molecule has 178 valence electrons. The number of rotatable bonds is 7. The number of carbonyl (C=O) groups is 1. The zero-order valence-corrected chi connectivity index (χ0v) is 19.7. The number of anilines is 1. The second-order valence-corrected chi connectivity index (χ2v) is 8.58. The van der Waals surface area contributed by atoms with Crippen molar-refractivity contribution in [3.8, 4) is 16.9 Å². The molecule has 0 atom stereocenters. The van der Waals surface area contributed by atoms with Crippen LogP contribution in [0.2, 0.25) is 0 Å². The van der Waals surface area contributed by atoms with Crippen LogP contribution in [-0.2, 0) is 0 Å². The van der Waals surface area contributed by atoms with Gasteiger partial charge >= 0.3 is 5.88 Å². The van der Waals surface area contributed by atoms with Crippen LogP contribution >= 0.6 is 11.3 Å². The second-order valence-electron chi connectivity index (χ2n) is 7.57. The van der Waals surface area contributed by atoms with E-state index in [1.807, 2.05) is 48.5 Å². The van der Waals surface area contributed by atoms with Crippen molar-refractivity contribution in [3.63, 3.8) is 0 Å². The van der Waals surface area contributed by atoms with E-state index >= 15 is 0 Å². The van der Waals surface area contributed by atoms with Gasteiger partial charge in [-0.1, -0.05) is 53.8 Å². The first-order valence-electron chi connectivity index (χ1n) is 10.7. The number of benzene rings is 3. The lowest BCUT2D eigenvalue weighted by Gasteiger charge is -2.14. The summed E-state index contributed by atoms with van der Waals surface area (Å²) >= 11 is 1.26. The van der Waals surface area contributed by atoms with E-state index in [0.717, 1.165) is 20.8 Å². The molecule has 0 saturated carbocycles. The summed E-state index contributed by atoms with van der Waals surface area (Å²) in [5.74, 6) is -0.0453. The first-order valence-corrected chi connectivity index (χ1v) is 11.6. The normalized spacial score (nSPS) is 11.1. The number of ether oxygens (including phenoxy) is 1. The van der Waals surface area contributed by atoms with Crippen LogP contribution in [-0.4, -0.2) is 29.1 Å². The molecule has 36 heavy (non-hydrogen) atoms. The number of nitro groups is 1. The molecule has 2 aromatic heterocycles. The molecule has 0 aliphatic rings. The Bertz CT molecular complexity index is 1580. The van der Waals surface area contributed by atoms with Crippen molar-refractivity contribution in [3.05, 3.63) is 106 Å². The number of aromatic nitrogens is 1. The fraction of sp³-hybridized carbons (Fsp3) is 0.0385. The van der Waals surface area contributed by atoms with Crippen molar-refractivity contribution in [1.29, 1.82) is 0 Å². The fourth-order valence-electron chi connectivity index (χ4n) is 3.48. The van der Waals surface area contributed by atoms with Gasteiger partial charge in [-0.3, -0.25) is 14.9 Å². The Morgan fingerprint density at radius 3 is 2.50 bits per heavy atom. The summed E-state index contributed by atoms with van der Waals surface area (Å²) in [6.07, 6.45) is 1.25. The molecule has 0 aliphatic carbocycles. The highest BCUT2D eigenvalue weighted by Crippen LogP contribution is 2.32. The number of furan rings is 1. The van der Waals surface area contributed by atoms with Crippen molar-refractivity contribution >= 4 is 44.7 Å². The Hall–Kier alpha value is -4.83. The molecule has 3 aromatic carbocycles. The first kappa shape index (κ1) is 22.9. The molecule has 0 aliphatic heterocycles. The number of amides is 1. The van der Waals surface area contributed by atoms with Gasteiger partial charge in [0, 0.05) is 5.56 Å². The minimum atomic E-state index is -0.643. The number of hydrogen-bond donors (Lipinski definition) is 0. The van der Waals surface area contributed by atoms with Crippen LogP contribution in [0, 0.1) is 10.1 Å². The molecule has 9 nitrogen and oxygen atoms in total. The third-order valence-corrected chi connectivity index (χ3v) is 6.28. The van der Waals surface area contributed by atoms with Crippen LogP contribution < -0.4 is 9.75 Å². The molecule has 10 heteroatoms. The van der Waals surface area contributed by atoms with Crippen LogP contribution in [0.15, 0.2) is 94.4 Å². The zero-order valence-electron chi connectivity index (χ0n) is 18.9. The highest BCUT2D eigenvalue weighted by Gasteiger charge is 2.22. The minimum Gasteiger partial charge on any atom is -0.497 e. The van der Waals surface area contributed by atoms with Gasteiger partial charge in [0.2, 0.25) is 5.13 Å². The van der Waals surface area contributed by atoms with Gasteiger partial charge < -0.3 is 9.15 Å². The van der Waals surface area contributed by atoms with E-state index in [4.69, 9.17) is 9.15 Å². The van der Waals surface area contributed by atoms with E-state index in [-0.39, 0.29) is 5.76 Å². The van der Waals surface area contributed by atoms with Gasteiger partial charge in [0.1, 0.15) is 10.7 Å². The van der Waals surface area contributed by atoms with Crippen LogP contribution in [0.5, 0.6) is 5.75 Å². The van der Waals surface area contributed by atoms with Crippen molar-refractivity contribution < 1.29 is 18.9 Å². The average molecular weight is 499 g/mol. The Labute approximate surface area is 209 Å². The lowest BCUT2D eigenvalue weighted by molar-refractivity contribution is -0.402. The van der Waals surface area contributed by atoms with Crippen molar-refractivity contribution in [1.82, 2.24) is 4.98 Å². The zero-order chi connectivity index (χ0) is 25.1. The topological polar surface area (TPSA) is 111 Å². The average Bonchev–Trinajstić information content (AvgIpc) is 3.56. The quantitative estimate of drug-likeness (QED) is 0.151. The highest BCUT2D eigenvalue weighted by molar-refractivity contribution is 7.22. The van der Waals surface area contributed by atoms with Gasteiger partial charge in [-0.05, 0) is 47.5 Å². The monoisotopic (exact) mass is 498 g/mol. The largest absolute Gasteiger partial charge is 0.497 e. The summed E-state index contributed by atoms with van der Waals surface area (Å²) in [6, 6.07) is 25.0. The molecule has 0 saturated heterocycles. The Kier molecular flexibility index (Phi) is 6.25. The number of thiazole rings is 1. The summed E-state index contributed by atoms with van der Waals surface area (Å²) in [5, 5.41) is 16.7. The Morgan fingerprint density at radius 1 is 1.06 bits per heavy atom. The molecule has 0 spiro atoms. The first-order chi connectivity index (χ1) is 17.5. The molecule has 0 radical (unpaired) electrons. The maximum Gasteiger partial charge on any atom is 0.433 e. The molecule has 5 rings (SSSR count). The highest BCUT2D eigenvalue weighted by atomic mass is 32.1. The molecule has 0 N–H and O–H groups in total. The second kappa shape index (κ2) is 9.80. The van der Waals surface area contributed by atoms with Gasteiger partial charge in [0.25, 0.3) is 5.91 Å². The number of hydrogen-bond acceptors (Lipinski definition) is 8. The van der Waals surface area contributed by atoms with Gasteiger partial charge in [-0.2, -0.15) is 10.1 Å². The van der Waals surface area contributed by atoms with Gasteiger partial charge in [-0.25, -0.2) is 4.98 Å². The summed E-state index contributed by atoms with van der Waals surface area (Å²) in [5.41, 5.74) is 3.08. The molecular weight excluding hydrogens is 480 g/mol. The maximum atomic E-state index is 13.5. The fourth-order valence-corrected chi connectivity index (χ4v) is 4.43. The number of carbonyl (C=O) groups excluding carboxylic acids is 1. The Balaban J connectivity index is 1.51. The van der Waals surface area contributed by atoms with Gasteiger partial charge in [0.15, 0.2) is 5.76 Å². The summed E-state index contributed by atoms with van der Waals surface area (Å²) < 4.78 is 11.2. The molecule has 0 bridgehead atoms. The Morgan fingerprint density at radius 2 is 1.81 bits per heavy atom. The summed E-state index contributed by atoms with van der Waals surface area (Å²) in [7, 11) is 1.57. The van der Waals surface area contributed by atoms with Crippen molar-refractivity contribution in [2.45, 2.75) is 0 Å². The molecule has 2 heterocycles. The predicted molar refractivity (Wildman–Crippen MR) is 138 cm³/mol. The standard InChI is InChI=1S/C26H18N4O5S/c1-34-20-11-13-22-23(15-20)36-26(28-22)29(27-16-21-12-14-24(35-21)30(32)33)25(31)19-9-7-18(8-10-19)17-5-3-2-4-6-17/h2-16H,1H3/b27-16+. The molecule has 0 fully saturated rings. The predicted octanol–water partition coefficient (Wildman–Crippen LogP) is 6.15. The van der Waals surface area contributed by atoms with Gasteiger partial charge in [-0.15, -0.1) is 0 Å². The van der Waals surface area contributed by atoms with E-state index in [1.165, 1.54) is 29.7 Å². The minimum absolute atomic E-state index is 0.127. The number of nitrogens with zero attached hydrogens (tertiary/aromatic N) is 4. The van der Waals surface area contributed by atoms with E-state index in [2.05, 4.69) is 10.1 Å². The van der Waals surface area contributed by atoms with Crippen LogP contribution in [0.25, 0.3) is 21.3 Å². The third kappa shape index (κ3) is 4.70. The number of methoxy groups -OCH3 is 1. The van der Waals surface area contributed by atoms with Crippen LogP contribution in [0.3, 0.4) is 0 Å². The SMILES string of the molecule is COc1ccc2nc(N(/N=C/c3ccc([N+](=O)[O-])o3)C(=O)c3ccc(-c4ccccc4)cc3)sc2c1. The van der Waals surface area contributed by atoms with Crippen molar-refractivity contribution in [2.24, 2.45) is 5.10 Å². The maximum absolute atomic E-state index is 13.5. The van der Waals surface area contributed by atoms with Crippen molar-refractivity contribution in [2.75, 3.05) is 12.1 Å². The lowest BCUT2D eigenvalue weighted by Crippen LogP contribution is -2.25. The van der Waals surface area contributed by atoms with E-state index in [1.54, 1.807) is 31.4 Å². The number of hydrazone groups is 1. The lowest BCUT2D eigenvalue weighted by atomic mass is 10.0. The van der Waals surface area contributed by atoms with Crippen LogP contribution in [0.1, 0.15) is 16.1 Å².